The zero-order valence-electron chi connectivity index (χ0n) is 11.9. The lowest BCUT2D eigenvalue weighted by Crippen LogP contribution is -2.44. The minimum Gasteiger partial charge on any atom is -0.497 e. The zero-order valence-corrected chi connectivity index (χ0v) is 11.9. The maximum atomic E-state index is 5.36. The average Bonchev–Trinajstić information content (AvgIpc) is 2.71. The summed E-state index contributed by atoms with van der Waals surface area (Å²) >= 11 is 0. The van der Waals surface area contributed by atoms with E-state index < -0.39 is 0 Å². The molecule has 2 atom stereocenters. The van der Waals surface area contributed by atoms with Crippen molar-refractivity contribution in [1.29, 1.82) is 0 Å². The van der Waals surface area contributed by atoms with Crippen LogP contribution in [0.4, 0.5) is 5.69 Å². The van der Waals surface area contributed by atoms with E-state index in [9.17, 15) is 0 Å². The number of anilines is 1. The fraction of sp³-hybridized carbons (Fsp3) is 0.625. The van der Waals surface area contributed by atoms with E-state index in [-0.39, 0.29) is 0 Å². The van der Waals surface area contributed by atoms with Gasteiger partial charge in [-0.15, -0.1) is 0 Å². The van der Waals surface area contributed by atoms with Crippen LogP contribution in [0, 0.1) is 5.92 Å². The van der Waals surface area contributed by atoms with Crippen molar-refractivity contribution in [2.24, 2.45) is 5.92 Å². The smallest absolute Gasteiger partial charge is 0.120 e. The molecular weight excluding hydrogens is 236 g/mol. The van der Waals surface area contributed by atoms with Crippen LogP contribution >= 0.6 is 0 Å². The molecule has 0 aromatic heterocycles. The molecule has 0 radical (unpaired) electrons. The standard InChI is InChI=1S/C16H24N2O/c1-17-11-12-8-14-6-7-15(9-12)18(14)13-4-3-5-16(10-13)19-2/h3-5,10,12,14-15,17H,6-9,11H2,1-2H3. The summed E-state index contributed by atoms with van der Waals surface area (Å²) < 4.78 is 5.36. The summed E-state index contributed by atoms with van der Waals surface area (Å²) in [6.07, 6.45) is 5.35. The Morgan fingerprint density at radius 2 is 2.00 bits per heavy atom. The van der Waals surface area contributed by atoms with Crippen LogP contribution in [0.3, 0.4) is 0 Å². The zero-order chi connectivity index (χ0) is 13.2. The maximum absolute atomic E-state index is 5.36. The maximum Gasteiger partial charge on any atom is 0.120 e. The number of fused-ring (bicyclic) bond motifs is 2. The molecule has 0 amide bonds. The van der Waals surface area contributed by atoms with E-state index in [1.54, 1.807) is 7.11 Å². The number of methoxy groups -OCH3 is 1. The highest BCUT2D eigenvalue weighted by Gasteiger charge is 2.40. The van der Waals surface area contributed by atoms with Crippen molar-refractivity contribution in [3.63, 3.8) is 0 Å². The van der Waals surface area contributed by atoms with Gasteiger partial charge in [-0.05, 0) is 57.3 Å². The molecule has 3 rings (SSSR count). The quantitative estimate of drug-likeness (QED) is 0.901. The van der Waals surface area contributed by atoms with E-state index in [2.05, 4.69) is 35.5 Å². The summed E-state index contributed by atoms with van der Waals surface area (Å²) in [7, 11) is 3.81. The Morgan fingerprint density at radius 1 is 1.26 bits per heavy atom. The highest BCUT2D eigenvalue weighted by Crippen LogP contribution is 2.42. The summed E-state index contributed by atoms with van der Waals surface area (Å²) in [5.41, 5.74) is 1.34. The van der Waals surface area contributed by atoms with Gasteiger partial charge in [0.2, 0.25) is 0 Å². The molecule has 1 aromatic carbocycles. The molecule has 104 valence electrons. The van der Waals surface area contributed by atoms with Gasteiger partial charge in [-0.25, -0.2) is 0 Å². The second kappa shape index (κ2) is 5.41. The molecule has 2 saturated heterocycles. The SMILES string of the molecule is CNCC1CC2CCC(C1)N2c1cccc(OC)c1. The fourth-order valence-electron chi connectivity index (χ4n) is 3.94. The van der Waals surface area contributed by atoms with Crippen molar-refractivity contribution in [1.82, 2.24) is 5.32 Å². The van der Waals surface area contributed by atoms with Crippen LogP contribution in [0.1, 0.15) is 25.7 Å². The number of nitrogens with one attached hydrogen (secondary N) is 1. The molecule has 2 aliphatic rings. The van der Waals surface area contributed by atoms with Gasteiger partial charge in [0.1, 0.15) is 5.75 Å². The van der Waals surface area contributed by atoms with Gasteiger partial charge >= 0.3 is 0 Å². The van der Waals surface area contributed by atoms with E-state index in [1.807, 2.05) is 6.07 Å². The van der Waals surface area contributed by atoms with Gasteiger partial charge in [0.25, 0.3) is 0 Å². The Morgan fingerprint density at radius 3 is 2.63 bits per heavy atom. The second-order valence-corrected chi connectivity index (χ2v) is 5.89. The molecule has 2 unspecified atom stereocenters. The topological polar surface area (TPSA) is 24.5 Å². The number of piperidine rings is 1. The van der Waals surface area contributed by atoms with Crippen molar-refractivity contribution in [2.45, 2.75) is 37.8 Å². The third kappa shape index (κ3) is 2.44. The molecule has 3 heteroatoms. The summed E-state index contributed by atoms with van der Waals surface area (Å²) in [5.74, 6) is 1.82. The first kappa shape index (κ1) is 12.8. The van der Waals surface area contributed by atoms with Gasteiger partial charge in [0, 0.05) is 23.8 Å². The third-order valence-corrected chi connectivity index (χ3v) is 4.67. The van der Waals surface area contributed by atoms with Gasteiger partial charge in [0.05, 0.1) is 7.11 Å². The van der Waals surface area contributed by atoms with Gasteiger partial charge < -0.3 is 15.0 Å². The highest BCUT2D eigenvalue weighted by molar-refractivity contribution is 5.54. The van der Waals surface area contributed by atoms with Crippen LogP contribution in [-0.2, 0) is 0 Å². The Balaban J connectivity index is 1.79. The van der Waals surface area contributed by atoms with Crippen LogP contribution in [0.15, 0.2) is 24.3 Å². The minimum absolute atomic E-state index is 0.726. The molecule has 0 spiro atoms. The van der Waals surface area contributed by atoms with Crippen molar-refractivity contribution in [3.05, 3.63) is 24.3 Å². The monoisotopic (exact) mass is 260 g/mol. The second-order valence-electron chi connectivity index (χ2n) is 5.89. The van der Waals surface area contributed by atoms with Crippen molar-refractivity contribution < 1.29 is 4.74 Å². The number of rotatable bonds is 4. The molecule has 1 aromatic rings. The summed E-state index contributed by atoms with van der Waals surface area (Å²) in [5, 5.41) is 3.34. The van der Waals surface area contributed by atoms with Gasteiger partial charge in [-0.2, -0.15) is 0 Å². The summed E-state index contributed by atoms with van der Waals surface area (Å²) in [6, 6.07) is 10.00. The number of ether oxygens (including phenoxy) is 1. The molecule has 1 N–H and O–H groups in total. The van der Waals surface area contributed by atoms with Gasteiger partial charge in [-0.3, -0.25) is 0 Å². The Bertz CT molecular complexity index is 421. The van der Waals surface area contributed by atoms with Gasteiger partial charge in [-0.1, -0.05) is 6.07 Å². The Kier molecular flexibility index (Phi) is 3.65. The van der Waals surface area contributed by atoms with Crippen LogP contribution in [0.25, 0.3) is 0 Å². The highest BCUT2D eigenvalue weighted by atomic mass is 16.5. The largest absolute Gasteiger partial charge is 0.497 e. The van der Waals surface area contributed by atoms with E-state index >= 15 is 0 Å². The van der Waals surface area contributed by atoms with Crippen molar-refractivity contribution in [2.75, 3.05) is 25.6 Å². The van der Waals surface area contributed by atoms with Crippen molar-refractivity contribution >= 4 is 5.69 Å². The normalized spacial score (nSPS) is 29.6. The Labute approximate surface area is 115 Å². The fourth-order valence-corrected chi connectivity index (χ4v) is 3.94. The predicted octanol–water partition coefficient (Wildman–Crippen LogP) is 2.66. The minimum atomic E-state index is 0.726. The summed E-state index contributed by atoms with van der Waals surface area (Å²) in [4.78, 5) is 2.65. The first-order valence-electron chi connectivity index (χ1n) is 7.39. The van der Waals surface area contributed by atoms with Crippen LogP contribution < -0.4 is 15.0 Å². The number of hydrogen-bond donors (Lipinski definition) is 1. The average molecular weight is 260 g/mol. The first-order chi connectivity index (χ1) is 9.31. The van der Waals surface area contributed by atoms with E-state index in [1.165, 1.54) is 37.9 Å². The van der Waals surface area contributed by atoms with Crippen molar-refractivity contribution in [3.8, 4) is 5.75 Å². The van der Waals surface area contributed by atoms with Crippen LogP contribution in [-0.4, -0.2) is 32.8 Å². The number of hydrogen-bond acceptors (Lipinski definition) is 3. The lowest BCUT2D eigenvalue weighted by Gasteiger charge is -2.40. The molecule has 0 aliphatic carbocycles. The lowest BCUT2D eigenvalue weighted by molar-refractivity contribution is 0.332. The molecular formula is C16H24N2O. The molecule has 2 bridgehead atoms. The third-order valence-electron chi connectivity index (χ3n) is 4.67. The lowest BCUT2D eigenvalue weighted by atomic mass is 9.90. The van der Waals surface area contributed by atoms with Gasteiger partial charge in [0.15, 0.2) is 0 Å². The summed E-state index contributed by atoms with van der Waals surface area (Å²) in [6.45, 7) is 1.17. The van der Waals surface area contributed by atoms with E-state index in [0.29, 0.717) is 0 Å². The van der Waals surface area contributed by atoms with E-state index in [0.717, 1.165) is 23.8 Å². The molecule has 2 aliphatic heterocycles. The Hall–Kier alpha value is -1.22. The molecule has 19 heavy (non-hydrogen) atoms. The van der Waals surface area contributed by atoms with Crippen LogP contribution in [0.2, 0.25) is 0 Å². The van der Waals surface area contributed by atoms with E-state index in [4.69, 9.17) is 4.74 Å². The number of benzene rings is 1. The van der Waals surface area contributed by atoms with Crippen LogP contribution in [0.5, 0.6) is 5.75 Å². The number of nitrogens with zero attached hydrogens (tertiary/aromatic N) is 1. The molecule has 3 nitrogen and oxygen atoms in total. The molecule has 2 fully saturated rings. The first-order valence-corrected chi connectivity index (χ1v) is 7.39. The molecule has 0 saturated carbocycles. The predicted molar refractivity (Wildman–Crippen MR) is 78.9 cm³/mol. The molecule has 2 heterocycles.